The van der Waals surface area contributed by atoms with E-state index >= 15 is 0 Å². The van der Waals surface area contributed by atoms with Gasteiger partial charge in [-0.2, -0.15) is 0 Å². The Morgan fingerprint density at radius 1 is 1.47 bits per heavy atom. The zero-order valence-corrected chi connectivity index (χ0v) is 11.4. The quantitative estimate of drug-likeness (QED) is 0.616. The maximum Gasteiger partial charge on any atom is 0.360 e. The number of carboxylic acids is 1. The van der Waals surface area contributed by atoms with Gasteiger partial charge in [0.05, 0.1) is 6.10 Å². The molecule has 1 aliphatic carbocycles. The first-order valence-corrected chi connectivity index (χ1v) is 6.34. The molecule has 2 fully saturated rings. The third kappa shape index (κ3) is 3.46. The normalized spacial score (nSPS) is 36.2. The molecular weight excluding hydrogens is 253 g/mol. The summed E-state index contributed by atoms with van der Waals surface area (Å²) in [5.41, 5.74) is 0. The van der Waals surface area contributed by atoms with Crippen molar-refractivity contribution in [3.05, 3.63) is 0 Å². The van der Waals surface area contributed by atoms with E-state index in [0.717, 1.165) is 0 Å². The summed E-state index contributed by atoms with van der Waals surface area (Å²) < 4.78 is 22.1. The van der Waals surface area contributed by atoms with Crippen molar-refractivity contribution in [2.24, 2.45) is 0 Å². The van der Waals surface area contributed by atoms with Crippen molar-refractivity contribution in [1.82, 2.24) is 5.23 Å². The van der Waals surface area contributed by atoms with E-state index in [0.29, 0.717) is 14.0 Å². The summed E-state index contributed by atoms with van der Waals surface area (Å²) in [5.74, 6) is -1.66. The van der Waals surface area contributed by atoms with Crippen LogP contribution in [0.3, 0.4) is 0 Å². The van der Waals surface area contributed by atoms with Crippen LogP contribution in [0.2, 0.25) is 0 Å². The van der Waals surface area contributed by atoms with Crippen molar-refractivity contribution in [3.63, 3.8) is 0 Å². The minimum absolute atomic E-state index is 0.0329. The van der Waals surface area contributed by atoms with E-state index in [1.54, 1.807) is 7.11 Å². The fourth-order valence-corrected chi connectivity index (χ4v) is 2.67. The predicted octanol–water partition coefficient (Wildman–Crippen LogP) is -0.749. The zero-order valence-electron chi connectivity index (χ0n) is 11.4. The average molecular weight is 273 g/mol. The molecule has 2 aliphatic rings. The maximum absolute atomic E-state index is 10.6. The van der Waals surface area contributed by atoms with Crippen LogP contribution >= 0.6 is 0 Å². The topological polar surface area (TPSA) is 86.3 Å². The molecule has 0 unspecified atom stereocenters. The molecule has 0 bridgehead atoms. The Morgan fingerprint density at radius 3 is 2.79 bits per heavy atom. The molecule has 0 amide bonds. The number of nitrogens with one attached hydrogen (secondary N) is 1. The average Bonchev–Trinajstić information content (AvgIpc) is 2.78. The fourth-order valence-electron chi connectivity index (χ4n) is 2.67. The van der Waals surface area contributed by atoms with E-state index in [1.165, 1.54) is 0 Å². The second-order valence-corrected chi connectivity index (χ2v) is 5.29. The molecule has 1 heterocycles. The molecule has 0 radical (unpaired) electrons. The van der Waals surface area contributed by atoms with Gasteiger partial charge in [-0.3, -0.25) is 0 Å². The number of hydrogen-bond acceptors (Lipinski definition) is 6. The summed E-state index contributed by atoms with van der Waals surface area (Å²) in [6, 6.07) is 0.0329. The third-order valence-corrected chi connectivity index (χ3v) is 3.32. The van der Waals surface area contributed by atoms with Crippen LogP contribution < -0.4 is 5.23 Å². The summed E-state index contributed by atoms with van der Waals surface area (Å²) in [7, 11) is 2.01. The number of carbonyl (C=O) groups is 1. The van der Waals surface area contributed by atoms with Gasteiger partial charge in [-0.05, 0) is 20.3 Å². The second-order valence-electron chi connectivity index (χ2n) is 5.29. The SMILES string of the molecule is COBN[C@@H]1C[C@H](OCC(=O)O)[C@H]2OC(C)(C)O[C@H]21. The molecule has 8 heteroatoms. The minimum Gasteiger partial charge on any atom is -0.480 e. The Labute approximate surface area is 112 Å². The molecule has 0 aromatic carbocycles. The fraction of sp³-hybridized carbons (Fsp3) is 0.909. The highest BCUT2D eigenvalue weighted by molar-refractivity contribution is 6.23. The standard InChI is InChI=1S/C11H20BNO6/c1-11(2)18-9-6(13-12-16-3)4-7(10(9)19-11)17-5-8(14)15/h6-7,9-10,12-13H,4-5H2,1-3H3,(H,14,15)/t6-,7+,9+,10-/m1/s1. The van der Waals surface area contributed by atoms with Gasteiger partial charge in [0.1, 0.15) is 18.8 Å². The van der Waals surface area contributed by atoms with Gasteiger partial charge in [-0.15, -0.1) is 0 Å². The third-order valence-electron chi connectivity index (χ3n) is 3.32. The van der Waals surface area contributed by atoms with Crippen LogP contribution in [-0.4, -0.2) is 62.6 Å². The Kier molecular flexibility index (Phi) is 4.47. The van der Waals surface area contributed by atoms with E-state index in [-0.39, 0.29) is 31.0 Å². The lowest BCUT2D eigenvalue weighted by molar-refractivity contribution is -0.171. The molecule has 2 N–H and O–H groups in total. The van der Waals surface area contributed by atoms with Crippen molar-refractivity contribution in [2.45, 2.75) is 50.4 Å². The highest BCUT2D eigenvalue weighted by Crippen LogP contribution is 2.39. The Morgan fingerprint density at radius 2 is 2.16 bits per heavy atom. The van der Waals surface area contributed by atoms with Crippen molar-refractivity contribution in [1.29, 1.82) is 0 Å². The van der Waals surface area contributed by atoms with Gasteiger partial charge in [0, 0.05) is 13.2 Å². The zero-order chi connectivity index (χ0) is 14.0. The maximum atomic E-state index is 10.6. The largest absolute Gasteiger partial charge is 0.480 e. The molecule has 4 atom stereocenters. The molecular formula is C11H20BNO6. The van der Waals surface area contributed by atoms with E-state index < -0.39 is 11.8 Å². The lowest BCUT2D eigenvalue weighted by Crippen LogP contribution is -2.42. The monoisotopic (exact) mass is 273 g/mol. The van der Waals surface area contributed by atoms with Crippen molar-refractivity contribution in [3.8, 4) is 0 Å². The lowest BCUT2D eigenvalue weighted by atomic mass is 10.1. The summed E-state index contributed by atoms with van der Waals surface area (Å²) >= 11 is 0. The number of aliphatic carboxylic acids is 1. The molecule has 1 saturated carbocycles. The predicted molar refractivity (Wildman–Crippen MR) is 66.9 cm³/mol. The molecule has 0 aromatic rings. The molecule has 108 valence electrons. The van der Waals surface area contributed by atoms with Crippen LogP contribution in [-0.2, 0) is 23.7 Å². The van der Waals surface area contributed by atoms with Crippen LogP contribution in [0.5, 0.6) is 0 Å². The van der Waals surface area contributed by atoms with E-state index in [1.807, 2.05) is 13.8 Å². The van der Waals surface area contributed by atoms with E-state index in [4.69, 9.17) is 24.0 Å². The Hall–Kier alpha value is -0.665. The summed E-state index contributed by atoms with van der Waals surface area (Å²) in [4.78, 5) is 10.6. The molecule has 1 saturated heterocycles. The molecule has 19 heavy (non-hydrogen) atoms. The summed E-state index contributed by atoms with van der Waals surface area (Å²) in [6.07, 6.45) is -0.0351. The highest BCUT2D eigenvalue weighted by Gasteiger charge is 2.54. The summed E-state index contributed by atoms with van der Waals surface area (Å²) in [5, 5.41) is 11.9. The van der Waals surface area contributed by atoms with Crippen LogP contribution in [0.4, 0.5) is 0 Å². The van der Waals surface area contributed by atoms with Gasteiger partial charge in [0.25, 0.3) is 0 Å². The van der Waals surface area contributed by atoms with Gasteiger partial charge < -0.3 is 29.2 Å². The first-order chi connectivity index (χ1) is 8.93. The molecule has 7 nitrogen and oxygen atoms in total. The van der Waals surface area contributed by atoms with Crippen LogP contribution in [0, 0.1) is 0 Å². The molecule has 0 aromatic heterocycles. The first-order valence-electron chi connectivity index (χ1n) is 6.34. The molecule has 1 aliphatic heterocycles. The van der Waals surface area contributed by atoms with Gasteiger partial charge >= 0.3 is 13.6 Å². The Balaban J connectivity index is 1.99. The molecule has 2 rings (SSSR count). The lowest BCUT2D eigenvalue weighted by Gasteiger charge is -2.23. The van der Waals surface area contributed by atoms with Gasteiger partial charge in [0.2, 0.25) is 0 Å². The summed E-state index contributed by atoms with van der Waals surface area (Å²) in [6.45, 7) is 3.36. The first kappa shape index (κ1) is 14.7. The second kappa shape index (κ2) is 5.76. The number of ether oxygens (including phenoxy) is 3. The minimum atomic E-state index is -0.983. The number of fused-ring (bicyclic) bond motifs is 1. The van der Waals surface area contributed by atoms with Crippen LogP contribution in [0.15, 0.2) is 0 Å². The van der Waals surface area contributed by atoms with Crippen molar-refractivity contribution in [2.75, 3.05) is 13.7 Å². The van der Waals surface area contributed by atoms with Crippen LogP contribution in [0.1, 0.15) is 20.3 Å². The number of hydrogen-bond donors (Lipinski definition) is 2. The smallest absolute Gasteiger partial charge is 0.360 e. The van der Waals surface area contributed by atoms with E-state index in [2.05, 4.69) is 5.23 Å². The number of rotatable bonds is 6. The van der Waals surface area contributed by atoms with Crippen molar-refractivity contribution >= 4 is 13.6 Å². The Bertz CT molecular complexity index is 339. The molecule has 0 spiro atoms. The van der Waals surface area contributed by atoms with E-state index in [9.17, 15) is 4.79 Å². The van der Waals surface area contributed by atoms with Gasteiger partial charge in [-0.25, -0.2) is 4.79 Å². The van der Waals surface area contributed by atoms with Crippen molar-refractivity contribution < 1.29 is 28.8 Å². The van der Waals surface area contributed by atoms with Gasteiger partial charge in [-0.1, -0.05) is 0 Å². The highest BCUT2D eigenvalue weighted by atomic mass is 16.8. The van der Waals surface area contributed by atoms with Crippen LogP contribution in [0.25, 0.3) is 0 Å². The number of carboxylic acid groups (broad SMARTS) is 1. The van der Waals surface area contributed by atoms with Gasteiger partial charge in [0.15, 0.2) is 5.79 Å².